The number of nitrogens with zero attached hydrogens (tertiary/aromatic N) is 6. The maximum atomic E-state index is 14.5. The monoisotopic (exact) mass is 616 g/mol. The average molecular weight is 617 g/mol. The normalized spacial score (nSPS) is 13.5. The van der Waals surface area contributed by atoms with Gasteiger partial charge in [-0.1, -0.05) is 11.3 Å². The summed E-state index contributed by atoms with van der Waals surface area (Å²) in [6, 6.07) is 2.63. The van der Waals surface area contributed by atoms with Gasteiger partial charge in [0.25, 0.3) is 5.56 Å². The van der Waals surface area contributed by atoms with E-state index in [1.54, 1.807) is 27.8 Å². The van der Waals surface area contributed by atoms with Crippen LogP contribution in [0.3, 0.4) is 0 Å². The number of fused-ring (bicyclic) bond motifs is 1. The van der Waals surface area contributed by atoms with Crippen LogP contribution in [0.25, 0.3) is 15.2 Å². The molecule has 14 heteroatoms. The number of likely N-dealkylation sites (N-methyl/N-ethyl adjacent to an activating group) is 1. The maximum absolute atomic E-state index is 14.5. The van der Waals surface area contributed by atoms with Crippen molar-refractivity contribution in [2.45, 2.75) is 71.9 Å². The number of methoxy groups -OCH3 is 1. The standard InChI is InChI=1S/C29H37FN6O6S/c1-16(2)33(7)24(37)18(4)35-25(38)23-17(3)26(36-31-11-12-32-36)43-27(23)34(28(35)39)14-22(42-15-29(5,6)40)20-13-19(30)9-10-21(20)41-8/h9-13,16,18,22,40H,14-15H2,1-8H3/t18-,22+/m1/s1. The van der Waals surface area contributed by atoms with Gasteiger partial charge in [-0.3, -0.25) is 14.2 Å². The summed E-state index contributed by atoms with van der Waals surface area (Å²) in [5.41, 5.74) is -1.80. The molecule has 3 aromatic heterocycles. The molecule has 0 fully saturated rings. The number of hydrogen-bond donors (Lipinski definition) is 1. The molecule has 0 unspecified atom stereocenters. The van der Waals surface area contributed by atoms with E-state index in [4.69, 9.17) is 9.47 Å². The summed E-state index contributed by atoms with van der Waals surface area (Å²) < 4.78 is 28.4. The fourth-order valence-corrected chi connectivity index (χ4v) is 5.91. The number of benzene rings is 1. The molecule has 1 aromatic carbocycles. The van der Waals surface area contributed by atoms with Gasteiger partial charge in [0.15, 0.2) is 0 Å². The second-order valence-electron chi connectivity index (χ2n) is 11.3. The van der Waals surface area contributed by atoms with Crippen LogP contribution in [0.4, 0.5) is 4.39 Å². The fraction of sp³-hybridized carbons (Fsp3) is 0.483. The molecule has 0 aliphatic heterocycles. The van der Waals surface area contributed by atoms with Crippen LogP contribution in [0.2, 0.25) is 0 Å². The molecule has 2 atom stereocenters. The van der Waals surface area contributed by atoms with E-state index in [2.05, 4.69) is 10.2 Å². The van der Waals surface area contributed by atoms with Gasteiger partial charge in [-0.05, 0) is 59.7 Å². The van der Waals surface area contributed by atoms with Crippen molar-refractivity contribution in [2.75, 3.05) is 20.8 Å². The molecule has 232 valence electrons. The molecular formula is C29H37FN6O6S. The quantitative estimate of drug-likeness (QED) is 0.272. The van der Waals surface area contributed by atoms with Crippen LogP contribution in [0.5, 0.6) is 5.75 Å². The molecule has 43 heavy (non-hydrogen) atoms. The third-order valence-electron chi connectivity index (χ3n) is 7.21. The van der Waals surface area contributed by atoms with Crippen LogP contribution in [-0.4, -0.2) is 72.4 Å². The summed E-state index contributed by atoms with van der Waals surface area (Å²) in [5, 5.41) is 19.6. The molecule has 0 aliphatic rings. The molecule has 3 heterocycles. The lowest BCUT2D eigenvalue weighted by Crippen LogP contribution is -2.48. The smallest absolute Gasteiger partial charge is 0.332 e. The van der Waals surface area contributed by atoms with Crippen molar-refractivity contribution in [3.05, 3.63) is 68.4 Å². The highest BCUT2D eigenvalue weighted by Crippen LogP contribution is 2.34. The molecule has 4 aromatic rings. The van der Waals surface area contributed by atoms with Crippen molar-refractivity contribution in [1.29, 1.82) is 0 Å². The van der Waals surface area contributed by atoms with Crippen LogP contribution in [-0.2, 0) is 16.1 Å². The average Bonchev–Trinajstić information content (AvgIpc) is 3.59. The lowest BCUT2D eigenvalue weighted by Gasteiger charge is -2.27. The number of thiophene rings is 1. The van der Waals surface area contributed by atoms with E-state index in [0.29, 0.717) is 26.7 Å². The van der Waals surface area contributed by atoms with Gasteiger partial charge in [0.1, 0.15) is 33.5 Å². The highest BCUT2D eigenvalue weighted by Gasteiger charge is 2.31. The van der Waals surface area contributed by atoms with E-state index in [1.807, 2.05) is 13.8 Å². The Morgan fingerprint density at radius 2 is 1.84 bits per heavy atom. The van der Waals surface area contributed by atoms with Crippen LogP contribution in [0.1, 0.15) is 57.9 Å². The predicted octanol–water partition coefficient (Wildman–Crippen LogP) is 3.22. The molecule has 1 amide bonds. The predicted molar refractivity (Wildman–Crippen MR) is 161 cm³/mol. The van der Waals surface area contributed by atoms with Crippen molar-refractivity contribution < 1.29 is 23.8 Å². The number of aromatic nitrogens is 5. The Morgan fingerprint density at radius 1 is 1.19 bits per heavy atom. The number of halogens is 1. The topological polar surface area (TPSA) is 134 Å². The van der Waals surface area contributed by atoms with E-state index in [-0.39, 0.29) is 24.6 Å². The lowest BCUT2D eigenvalue weighted by atomic mass is 10.1. The van der Waals surface area contributed by atoms with Crippen LogP contribution in [0, 0.1) is 12.7 Å². The third-order valence-corrected chi connectivity index (χ3v) is 8.49. The Balaban J connectivity index is 2.01. The second kappa shape index (κ2) is 12.4. The van der Waals surface area contributed by atoms with Gasteiger partial charge < -0.3 is 19.5 Å². The Morgan fingerprint density at radius 3 is 2.42 bits per heavy atom. The van der Waals surface area contributed by atoms with E-state index in [1.165, 1.54) is 58.9 Å². The van der Waals surface area contributed by atoms with E-state index >= 15 is 0 Å². The summed E-state index contributed by atoms with van der Waals surface area (Å²) in [6.45, 7) is 9.66. The third kappa shape index (κ3) is 6.40. The van der Waals surface area contributed by atoms with Gasteiger partial charge in [-0.25, -0.2) is 13.8 Å². The van der Waals surface area contributed by atoms with E-state index < -0.39 is 40.7 Å². The summed E-state index contributed by atoms with van der Waals surface area (Å²) >= 11 is 1.13. The zero-order valence-electron chi connectivity index (χ0n) is 25.5. The molecule has 4 rings (SSSR count). The van der Waals surface area contributed by atoms with Crippen molar-refractivity contribution in [3.8, 4) is 10.8 Å². The summed E-state index contributed by atoms with van der Waals surface area (Å²) in [5.74, 6) is -0.653. The highest BCUT2D eigenvalue weighted by atomic mass is 32.1. The van der Waals surface area contributed by atoms with Crippen LogP contribution in [0.15, 0.2) is 40.2 Å². The fourth-order valence-electron chi connectivity index (χ4n) is 4.69. The molecule has 0 aliphatic carbocycles. The van der Waals surface area contributed by atoms with Crippen molar-refractivity contribution in [2.24, 2.45) is 0 Å². The van der Waals surface area contributed by atoms with Gasteiger partial charge in [0, 0.05) is 24.2 Å². The SMILES string of the molecule is COc1ccc(F)cc1[C@H](Cn1c(=O)n([C@H](C)C(=O)N(C)C(C)C)c(=O)c2c(C)c(-n3nccn3)sc21)OCC(C)(C)O. The first-order chi connectivity index (χ1) is 20.2. The van der Waals surface area contributed by atoms with E-state index in [0.717, 1.165) is 15.9 Å². The summed E-state index contributed by atoms with van der Waals surface area (Å²) in [6.07, 6.45) is 1.99. The zero-order chi connectivity index (χ0) is 31.8. The minimum atomic E-state index is -1.25. The zero-order valence-corrected chi connectivity index (χ0v) is 26.3. The number of carbonyl (C=O) groups excluding carboxylic acids is 1. The highest BCUT2D eigenvalue weighted by molar-refractivity contribution is 7.21. The number of hydrogen-bond acceptors (Lipinski definition) is 9. The van der Waals surface area contributed by atoms with Gasteiger partial charge in [-0.2, -0.15) is 10.2 Å². The number of aliphatic hydroxyl groups is 1. The first kappa shape index (κ1) is 32.0. The Labute approximate surface area is 251 Å². The van der Waals surface area contributed by atoms with Crippen molar-refractivity contribution in [1.82, 2.24) is 29.0 Å². The molecule has 0 bridgehead atoms. The Hall–Kier alpha value is -3.88. The second-order valence-corrected chi connectivity index (χ2v) is 12.3. The number of rotatable bonds is 11. The molecule has 1 N–H and O–H groups in total. The maximum Gasteiger partial charge on any atom is 0.332 e. The van der Waals surface area contributed by atoms with Gasteiger partial charge in [-0.15, -0.1) is 4.80 Å². The molecular weight excluding hydrogens is 579 g/mol. The molecule has 0 radical (unpaired) electrons. The largest absolute Gasteiger partial charge is 0.496 e. The number of aryl methyl sites for hydroxylation is 1. The minimum Gasteiger partial charge on any atom is -0.496 e. The molecule has 0 saturated carbocycles. The molecule has 12 nitrogen and oxygen atoms in total. The number of amides is 1. The summed E-state index contributed by atoms with van der Waals surface area (Å²) in [7, 11) is 3.04. The molecule has 0 saturated heterocycles. The summed E-state index contributed by atoms with van der Waals surface area (Å²) in [4.78, 5) is 44.8. The first-order valence-corrected chi connectivity index (χ1v) is 14.6. The van der Waals surface area contributed by atoms with Crippen LogP contribution >= 0.6 is 11.3 Å². The van der Waals surface area contributed by atoms with Crippen LogP contribution < -0.4 is 16.0 Å². The van der Waals surface area contributed by atoms with Gasteiger partial charge in [0.2, 0.25) is 5.91 Å². The van der Waals surface area contributed by atoms with Gasteiger partial charge in [0.05, 0.1) is 43.6 Å². The van der Waals surface area contributed by atoms with E-state index in [9.17, 15) is 23.9 Å². The lowest BCUT2D eigenvalue weighted by molar-refractivity contribution is -0.134. The Kier molecular flexibility index (Phi) is 9.23. The Bertz CT molecular complexity index is 1740. The van der Waals surface area contributed by atoms with Crippen molar-refractivity contribution in [3.63, 3.8) is 0 Å². The molecule has 0 spiro atoms. The number of ether oxygens (including phenoxy) is 2. The van der Waals surface area contributed by atoms with Crippen molar-refractivity contribution >= 4 is 27.5 Å². The number of carbonyl (C=O) groups is 1. The minimum absolute atomic E-state index is 0.158. The van der Waals surface area contributed by atoms with Gasteiger partial charge >= 0.3 is 5.69 Å². The first-order valence-electron chi connectivity index (χ1n) is 13.8.